The number of thiophene rings is 1. The molecule has 2 nitrogen and oxygen atoms in total. The van der Waals surface area contributed by atoms with Crippen molar-refractivity contribution < 1.29 is 4.79 Å². The summed E-state index contributed by atoms with van der Waals surface area (Å²) in [6.07, 6.45) is 3.10. The average molecular weight is 246 g/mol. The van der Waals surface area contributed by atoms with Crippen molar-refractivity contribution in [3.63, 3.8) is 0 Å². The molecule has 1 N–H and O–H groups in total. The molecule has 1 rings (SSSR count). The quantitative estimate of drug-likeness (QED) is 0.605. The Morgan fingerprint density at radius 3 is 2.87 bits per heavy atom. The second-order valence-corrected chi connectivity index (χ2v) is 4.73. The highest BCUT2D eigenvalue weighted by atomic mass is 35.5. The van der Waals surface area contributed by atoms with Gasteiger partial charge in [0.1, 0.15) is 0 Å². The van der Waals surface area contributed by atoms with Gasteiger partial charge in [-0.15, -0.1) is 22.9 Å². The van der Waals surface area contributed by atoms with Gasteiger partial charge in [-0.1, -0.05) is 6.42 Å². The van der Waals surface area contributed by atoms with Crippen molar-refractivity contribution in [3.8, 4) is 0 Å². The third-order valence-electron chi connectivity index (χ3n) is 2.16. The Balaban J connectivity index is 2.22. The molecular formula is C11H16ClNOS. The van der Waals surface area contributed by atoms with Crippen LogP contribution in [-0.4, -0.2) is 18.3 Å². The van der Waals surface area contributed by atoms with E-state index < -0.39 is 0 Å². The standard InChI is InChI=1S/C11H16ClNOS/c1-9-5-8-15-10(9)11(14)13-7-4-2-3-6-12/h5,8H,2-4,6-7H2,1H3,(H,13,14). The first-order chi connectivity index (χ1) is 7.25. The molecule has 0 saturated heterocycles. The van der Waals surface area contributed by atoms with Crippen LogP contribution >= 0.6 is 22.9 Å². The lowest BCUT2D eigenvalue weighted by molar-refractivity contribution is 0.0956. The van der Waals surface area contributed by atoms with Gasteiger partial charge in [-0.05, 0) is 36.8 Å². The van der Waals surface area contributed by atoms with Crippen molar-refractivity contribution in [3.05, 3.63) is 21.9 Å². The van der Waals surface area contributed by atoms with E-state index in [1.807, 2.05) is 18.4 Å². The van der Waals surface area contributed by atoms with E-state index in [9.17, 15) is 4.79 Å². The van der Waals surface area contributed by atoms with Crippen LogP contribution in [0.4, 0.5) is 0 Å². The van der Waals surface area contributed by atoms with Crippen molar-refractivity contribution in [2.45, 2.75) is 26.2 Å². The number of nitrogens with one attached hydrogen (secondary N) is 1. The monoisotopic (exact) mass is 245 g/mol. The molecule has 0 atom stereocenters. The molecule has 0 aliphatic rings. The highest BCUT2D eigenvalue weighted by molar-refractivity contribution is 7.12. The molecule has 0 spiro atoms. The minimum absolute atomic E-state index is 0.0494. The first kappa shape index (κ1) is 12.5. The molecule has 4 heteroatoms. The molecule has 15 heavy (non-hydrogen) atoms. The SMILES string of the molecule is Cc1ccsc1C(=O)NCCCCCCl. The largest absolute Gasteiger partial charge is 0.351 e. The maximum absolute atomic E-state index is 11.6. The van der Waals surface area contributed by atoms with Gasteiger partial charge < -0.3 is 5.32 Å². The number of unbranched alkanes of at least 4 members (excludes halogenated alkanes) is 2. The predicted molar refractivity (Wildman–Crippen MR) is 66.0 cm³/mol. The predicted octanol–water partition coefficient (Wildman–Crippen LogP) is 3.20. The maximum atomic E-state index is 11.6. The zero-order chi connectivity index (χ0) is 11.1. The van der Waals surface area contributed by atoms with Crippen LogP contribution in [0.2, 0.25) is 0 Å². The van der Waals surface area contributed by atoms with E-state index in [0.717, 1.165) is 36.2 Å². The van der Waals surface area contributed by atoms with Gasteiger partial charge in [0.15, 0.2) is 0 Å². The highest BCUT2D eigenvalue weighted by Crippen LogP contribution is 2.14. The van der Waals surface area contributed by atoms with E-state index in [-0.39, 0.29) is 5.91 Å². The number of carbonyl (C=O) groups excluding carboxylic acids is 1. The van der Waals surface area contributed by atoms with Gasteiger partial charge in [0.2, 0.25) is 0 Å². The van der Waals surface area contributed by atoms with E-state index in [4.69, 9.17) is 11.6 Å². The zero-order valence-corrected chi connectivity index (χ0v) is 10.5. The Morgan fingerprint density at radius 1 is 1.47 bits per heavy atom. The molecular weight excluding hydrogens is 230 g/mol. The third kappa shape index (κ3) is 4.22. The number of carbonyl (C=O) groups is 1. The number of rotatable bonds is 6. The van der Waals surface area contributed by atoms with Gasteiger partial charge in [0.05, 0.1) is 4.88 Å². The fraction of sp³-hybridized carbons (Fsp3) is 0.545. The van der Waals surface area contributed by atoms with Crippen LogP contribution in [0, 0.1) is 6.92 Å². The molecule has 1 amide bonds. The van der Waals surface area contributed by atoms with Crippen LogP contribution in [0.5, 0.6) is 0 Å². The number of halogens is 1. The molecule has 84 valence electrons. The van der Waals surface area contributed by atoms with Crippen molar-refractivity contribution in [1.82, 2.24) is 5.32 Å². The zero-order valence-electron chi connectivity index (χ0n) is 8.88. The summed E-state index contributed by atoms with van der Waals surface area (Å²) in [5.74, 6) is 0.756. The minimum atomic E-state index is 0.0494. The van der Waals surface area contributed by atoms with Gasteiger partial charge >= 0.3 is 0 Å². The Morgan fingerprint density at radius 2 is 2.27 bits per heavy atom. The van der Waals surface area contributed by atoms with Crippen LogP contribution in [0.3, 0.4) is 0 Å². The van der Waals surface area contributed by atoms with Gasteiger partial charge in [0, 0.05) is 12.4 Å². The molecule has 0 radical (unpaired) electrons. The molecule has 0 aromatic carbocycles. The van der Waals surface area contributed by atoms with E-state index in [0.29, 0.717) is 5.88 Å². The van der Waals surface area contributed by atoms with Crippen molar-refractivity contribution >= 4 is 28.8 Å². The third-order valence-corrected chi connectivity index (χ3v) is 3.45. The average Bonchev–Trinajstić information content (AvgIpc) is 2.64. The molecule has 1 heterocycles. The lowest BCUT2D eigenvalue weighted by Gasteiger charge is -2.03. The fourth-order valence-corrected chi connectivity index (χ4v) is 2.31. The smallest absolute Gasteiger partial charge is 0.261 e. The fourth-order valence-electron chi connectivity index (χ4n) is 1.28. The summed E-state index contributed by atoms with van der Waals surface area (Å²) < 4.78 is 0. The summed E-state index contributed by atoms with van der Waals surface area (Å²) in [5.41, 5.74) is 1.05. The van der Waals surface area contributed by atoms with Crippen molar-refractivity contribution in [1.29, 1.82) is 0 Å². The van der Waals surface area contributed by atoms with E-state index in [2.05, 4.69) is 5.32 Å². The van der Waals surface area contributed by atoms with Crippen molar-refractivity contribution in [2.75, 3.05) is 12.4 Å². The van der Waals surface area contributed by atoms with Crippen molar-refractivity contribution in [2.24, 2.45) is 0 Å². The Bertz CT molecular complexity index is 311. The number of hydrogen-bond acceptors (Lipinski definition) is 2. The van der Waals surface area contributed by atoms with E-state index in [1.165, 1.54) is 11.3 Å². The lowest BCUT2D eigenvalue weighted by Crippen LogP contribution is -2.24. The summed E-state index contributed by atoms with van der Waals surface area (Å²) in [4.78, 5) is 12.5. The minimum Gasteiger partial charge on any atom is -0.351 e. The maximum Gasteiger partial charge on any atom is 0.261 e. The van der Waals surface area contributed by atoms with Gasteiger partial charge in [-0.25, -0.2) is 0 Å². The molecule has 0 saturated carbocycles. The number of aryl methyl sites for hydroxylation is 1. The Hall–Kier alpha value is -0.540. The molecule has 0 bridgehead atoms. The highest BCUT2D eigenvalue weighted by Gasteiger charge is 2.08. The lowest BCUT2D eigenvalue weighted by atomic mass is 10.2. The number of hydrogen-bond donors (Lipinski definition) is 1. The van der Waals surface area contributed by atoms with Crippen LogP contribution in [0.15, 0.2) is 11.4 Å². The van der Waals surface area contributed by atoms with Crippen LogP contribution in [-0.2, 0) is 0 Å². The van der Waals surface area contributed by atoms with Crippen LogP contribution < -0.4 is 5.32 Å². The first-order valence-electron chi connectivity index (χ1n) is 5.14. The number of alkyl halides is 1. The Labute approximate surface area is 99.6 Å². The summed E-state index contributed by atoms with van der Waals surface area (Å²) in [5, 5.41) is 4.86. The second kappa shape index (κ2) is 6.85. The topological polar surface area (TPSA) is 29.1 Å². The molecule has 0 aliphatic heterocycles. The summed E-state index contributed by atoms with van der Waals surface area (Å²) in [7, 11) is 0. The molecule has 0 unspecified atom stereocenters. The molecule has 0 fully saturated rings. The van der Waals surface area contributed by atoms with Crippen LogP contribution in [0.25, 0.3) is 0 Å². The van der Waals surface area contributed by atoms with Gasteiger partial charge in [0.25, 0.3) is 5.91 Å². The van der Waals surface area contributed by atoms with E-state index >= 15 is 0 Å². The summed E-state index contributed by atoms with van der Waals surface area (Å²) >= 11 is 7.05. The van der Waals surface area contributed by atoms with Gasteiger partial charge in [-0.2, -0.15) is 0 Å². The van der Waals surface area contributed by atoms with Gasteiger partial charge in [-0.3, -0.25) is 4.79 Å². The molecule has 1 aromatic heterocycles. The molecule has 1 aromatic rings. The normalized spacial score (nSPS) is 10.3. The molecule has 0 aliphatic carbocycles. The summed E-state index contributed by atoms with van der Waals surface area (Å²) in [6.45, 7) is 2.70. The second-order valence-electron chi connectivity index (χ2n) is 3.44. The summed E-state index contributed by atoms with van der Waals surface area (Å²) in [6, 6.07) is 1.97. The first-order valence-corrected chi connectivity index (χ1v) is 6.55. The van der Waals surface area contributed by atoms with Crippen LogP contribution in [0.1, 0.15) is 34.5 Å². The Kier molecular flexibility index (Phi) is 5.73. The van der Waals surface area contributed by atoms with E-state index in [1.54, 1.807) is 0 Å². The number of amides is 1.